The number of ether oxygens (including phenoxy) is 1. The predicted molar refractivity (Wildman–Crippen MR) is 129 cm³/mol. The molecule has 2 aromatic heterocycles. The number of piperidine rings is 1. The summed E-state index contributed by atoms with van der Waals surface area (Å²) in [5, 5.41) is 13.0. The van der Waals surface area contributed by atoms with Gasteiger partial charge in [0.25, 0.3) is 0 Å². The van der Waals surface area contributed by atoms with Gasteiger partial charge in [0.1, 0.15) is 0 Å². The standard InChI is InChI=1S/C25H33FN6O/c26-25-16-20(4-7-28-25)21-14-23(29-17-19-2-5-27-6-3-19)22-18-30-32(24(22)15-21)9-1-8-31-10-12-33-13-11-31/h4,7,14-16,18-19,27,29H,1-3,5-6,8-13,17H2. The molecule has 0 atom stereocenters. The van der Waals surface area contributed by atoms with Crippen LogP contribution in [0.25, 0.3) is 22.0 Å². The molecule has 1 aromatic carbocycles. The molecule has 5 rings (SSSR count). The zero-order valence-electron chi connectivity index (χ0n) is 19.1. The third-order valence-corrected chi connectivity index (χ3v) is 6.81. The second-order valence-corrected chi connectivity index (χ2v) is 9.07. The molecule has 2 fully saturated rings. The molecule has 3 aromatic rings. The molecule has 0 unspecified atom stereocenters. The minimum atomic E-state index is -0.462. The molecule has 0 amide bonds. The lowest BCUT2D eigenvalue weighted by Gasteiger charge is -2.26. The third-order valence-electron chi connectivity index (χ3n) is 6.81. The Hall–Kier alpha value is -2.55. The van der Waals surface area contributed by atoms with Crippen LogP contribution in [0.15, 0.2) is 36.7 Å². The van der Waals surface area contributed by atoms with Crippen LogP contribution in [0.3, 0.4) is 0 Å². The summed E-state index contributed by atoms with van der Waals surface area (Å²) in [6.07, 6.45) is 6.89. The molecule has 2 N–H and O–H groups in total. The first kappa shape index (κ1) is 22.3. The second-order valence-electron chi connectivity index (χ2n) is 9.07. The van der Waals surface area contributed by atoms with Gasteiger partial charge in [-0.1, -0.05) is 0 Å². The van der Waals surface area contributed by atoms with E-state index in [2.05, 4.69) is 37.3 Å². The quantitative estimate of drug-likeness (QED) is 0.511. The van der Waals surface area contributed by atoms with Crippen molar-refractivity contribution < 1.29 is 9.13 Å². The smallest absolute Gasteiger partial charge is 0.213 e. The van der Waals surface area contributed by atoms with Gasteiger partial charge < -0.3 is 15.4 Å². The van der Waals surface area contributed by atoms with Gasteiger partial charge in [-0.15, -0.1) is 0 Å². The number of aryl methyl sites for hydroxylation is 1. The summed E-state index contributed by atoms with van der Waals surface area (Å²) in [5.41, 5.74) is 3.96. The van der Waals surface area contributed by atoms with Crippen LogP contribution in [0, 0.1) is 11.9 Å². The van der Waals surface area contributed by atoms with E-state index in [4.69, 9.17) is 9.84 Å². The lowest BCUT2D eigenvalue weighted by atomic mass is 9.97. The Morgan fingerprint density at radius 3 is 2.76 bits per heavy atom. The van der Waals surface area contributed by atoms with E-state index in [1.807, 2.05) is 12.3 Å². The van der Waals surface area contributed by atoms with Crippen LogP contribution in [0.2, 0.25) is 0 Å². The molecule has 0 aliphatic carbocycles. The number of nitrogens with zero attached hydrogens (tertiary/aromatic N) is 4. The molecule has 0 radical (unpaired) electrons. The van der Waals surface area contributed by atoms with E-state index in [1.54, 1.807) is 0 Å². The van der Waals surface area contributed by atoms with E-state index in [9.17, 15) is 4.39 Å². The average Bonchev–Trinajstić information content (AvgIpc) is 3.27. The van der Waals surface area contributed by atoms with Crippen molar-refractivity contribution in [2.45, 2.75) is 25.8 Å². The number of rotatable bonds is 8. The Bertz CT molecular complexity index is 1060. The molecule has 4 heterocycles. The number of anilines is 1. The highest BCUT2D eigenvalue weighted by Gasteiger charge is 2.16. The summed E-state index contributed by atoms with van der Waals surface area (Å²) in [7, 11) is 0. The zero-order chi connectivity index (χ0) is 22.5. The van der Waals surface area contributed by atoms with Crippen LogP contribution in [0.4, 0.5) is 10.1 Å². The van der Waals surface area contributed by atoms with E-state index in [-0.39, 0.29) is 0 Å². The number of hydrogen-bond donors (Lipinski definition) is 2. The summed E-state index contributed by atoms with van der Waals surface area (Å²) < 4.78 is 21.4. The van der Waals surface area contributed by atoms with Crippen LogP contribution in [0.1, 0.15) is 19.3 Å². The van der Waals surface area contributed by atoms with Crippen molar-refractivity contribution in [2.24, 2.45) is 5.92 Å². The monoisotopic (exact) mass is 452 g/mol. The van der Waals surface area contributed by atoms with E-state index < -0.39 is 5.95 Å². The maximum Gasteiger partial charge on any atom is 0.213 e. The first-order valence-corrected chi connectivity index (χ1v) is 12.1. The molecule has 0 saturated carbocycles. The van der Waals surface area contributed by atoms with Crippen molar-refractivity contribution in [3.05, 3.63) is 42.6 Å². The minimum absolute atomic E-state index is 0.462. The van der Waals surface area contributed by atoms with Crippen molar-refractivity contribution in [1.82, 2.24) is 25.0 Å². The van der Waals surface area contributed by atoms with Crippen molar-refractivity contribution in [1.29, 1.82) is 0 Å². The minimum Gasteiger partial charge on any atom is -0.384 e. The summed E-state index contributed by atoms with van der Waals surface area (Å²) in [6.45, 7) is 8.64. The van der Waals surface area contributed by atoms with Gasteiger partial charge >= 0.3 is 0 Å². The van der Waals surface area contributed by atoms with Crippen LogP contribution in [-0.4, -0.2) is 72.1 Å². The van der Waals surface area contributed by atoms with Gasteiger partial charge in [0, 0.05) is 56.1 Å². The normalized spacial score (nSPS) is 18.1. The molecule has 2 saturated heterocycles. The molecule has 0 bridgehead atoms. The fraction of sp³-hybridized carbons (Fsp3) is 0.520. The Kier molecular flexibility index (Phi) is 7.14. The number of pyridine rings is 1. The molecule has 8 heteroatoms. The fourth-order valence-electron chi connectivity index (χ4n) is 4.86. The molecule has 0 spiro atoms. The van der Waals surface area contributed by atoms with Gasteiger partial charge in [0.15, 0.2) is 0 Å². The Labute approximate surface area is 194 Å². The number of nitrogens with one attached hydrogen (secondary N) is 2. The lowest BCUT2D eigenvalue weighted by molar-refractivity contribution is 0.0368. The zero-order valence-corrected chi connectivity index (χ0v) is 19.1. The number of aromatic nitrogens is 3. The van der Waals surface area contributed by atoms with Gasteiger partial charge in [-0.2, -0.15) is 9.49 Å². The molecule has 2 aliphatic rings. The van der Waals surface area contributed by atoms with E-state index in [1.165, 1.54) is 25.1 Å². The first-order valence-electron chi connectivity index (χ1n) is 12.1. The van der Waals surface area contributed by atoms with Crippen molar-refractivity contribution >= 4 is 16.6 Å². The van der Waals surface area contributed by atoms with Crippen molar-refractivity contribution in [3.8, 4) is 11.1 Å². The highest BCUT2D eigenvalue weighted by atomic mass is 19.1. The Balaban J connectivity index is 1.39. The highest BCUT2D eigenvalue weighted by Crippen LogP contribution is 2.32. The van der Waals surface area contributed by atoms with Gasteiger partial charge in [-0.05, 0) is 67.6 Å². The fourth-order valence-corrected chi connectivity index (χ4v) is 4.86. The van der Waals surface area contributed by atoms with Crippen LogP contribution in [-0.2, 0) is 11.3 Å². The topological polar surface area (TPSA) is 67.2 Å². The van der Waals surface area contributed by atoms with Gasteiger partial charge in [-0.25, -0.2) is 4.98 Å². The maximum atomic E-state index is 13.9. The van der Waals surface area contributed by atoms with Gasteiger partial charge in [0.05, 0.1) is 24.9 Å². The van der Waals surface area contributed by atoms with Crippen molar-refractivity contribution in [3.63, 3.8) is 0 Å². The van der Waals surface area contributed by atoms with Crippen LogP contribution >= 0.6 is 0 Å². The average molecular weight is 453 g/mol. The van der Waals surface area contributed by atoms with Crippen LogP contribution < -0.4 is 10.6 Å². The number of fused-ring (bicyclic) bond motifs is 1. The molecule has 176 valence electrons. The third kappa shape index (κ3) is 5.51. The second kappa shape index (κ2) is 10.6. The maximum absolute atomic E-state index is 13.9. The lowest BCUT2D eigenvalue weighted by Crippen LogP contribution is -2.37. The summed E-state index contributed by atoms with van der Waals surface area (Å²) >= 11 is 0. The highest BCUT2D eigenvalue weighted by molar-refractivity contribution is 5.95. The summed E-state index contributed by atoms with van der Waals surface area (Å²) in [5.74, 6) is 0.197. The SMILES string of the molecule is Fc1cc(-c2cc(NCC3CCNCC3)c3cnn(CCCN4CCOCC4)c3c2)ccn1. The number of benzene rings is 1. The molecular weight excluding hydrogens is 419 g/mol. The van der Waals surface area contributed by atoms with Crippen molar-refractivity contribution in [2.75, 3.05) is 57.8 Å². The number of hydrogen-bond acceptors (Lipinski definition) is 6. The molecule has 33 heavy (non-hydrogen) atoms. The van der Waals surface area contributed by atoms with E-state index in [0.29, 0.717) is 5.92 Å². The summed E-state index contributed by atoms with van der Waals surface area (Å²) in [6, 6.07) is 7.61. The van der Waals surface area contributed by atoms with Gasteiger partial charge in [0.2, 0.25) is 5.95 Å². The van der Waals surface area contributed by atoms with E-state index in [0.717, 1.165) is 93.2 Å². The molecule has 2 aliphatic heterocycles. The first-order chi connectivity index (χ1) is 16.3. The predicted octanol–water partition coefficient (Wildman–Crippen LogP) is 3.37. The summed E-state index contributed by atoms with van der Waals surface area (Å²) in [4.78, 5) is 6.17. The van der Waals surface area contributed by atoms with Crippen LogP contribution in [0.5, 0.6) is 0 Å². The Morgan fingerprint density at radius 1 is 1.09 bits per heavy atom. The number of halogens is 1. The largest absolute Gasteiger partial charge is 0.384 e. The molecular formula is C25H33FN6O. The molecule has 7 nitrogen and oxygen atoms in total. The Morgan fingerprint density at radius 2 is 1.94 bits per heavy atom. The number of morpholine rings is 1. The van der Waals surface area contributed by atoms with E-state index >= 15 is 0 Å². The van der Waals surface area contributed by atoms with Gasteiger partial charge in [-0.3, -0.25) is 9.58 Å².